The number of aryl methyl sites for hydroxylation is 1. The monoisotopic (exact) mass is 314 g/mol. The lowest BCUT2D eigenvalue weighted by Gasteiger charge is -2.08. The first kappa shape index (κ1) is 16.5. The van der Waals surface area contributed by atoms with Crippen LogP contribution < -0.4 is 10.0 Å². The van der Waals surface area contributed by atoms with Gasteiger partial charge in [0.15, 0.2) is 0 Å². The molecule has 6 nitrogen and oxygen atoms in total. The highest BCUT2D eigenvalue weighted by Crippen LogP contribution is 2.36. The molecule has 1 aliphatic carbocycles. The fourth-order valence-electron chi connectivity index (χ4n) is 2.84. The summed E-state index contributed by atoms with van der Waals surface area (Å²) in [6, 6.07) is 0.106. The van der Waals surface area contributed by atoms with Crippen molar-refractivity contribution in [2.45, 2.75) is 57.5 Å². The Balaban J connectivity index is 2.15. The quantitative estimate of drug-likeness (QED) is 0.755. The van der Waals surface area contributed by atoms with Crippen molar-refractivity contribution in [3.8, 4) is 0 Å². The van der Waals surface area contributed by atoms with Crippen LogP contribution in [-0.4, -0.2) is 37.8 Å². The normalized spacial score (nSPS) is 21.7. The van der Waals surface area contributed by atoms with E-state index in [9.17, 15) is 8.42 Å². The predicted octanol–water partition coefficient (Wildman–Crippen LogP) is 1.19. The number of likely N-dealkylation sites (N-methyl/N-ethyl adjacent to an activating group) is 1. The van der Waals surface area contributed by atoms with Gasteiger partial charge in [0.25, 0.3) is 0 Å². The number of aromatic nitrogens is 2. The maximum atomic E-state index is 12.6. The van der Waals surface area contributed by atoms with Gasteiger partial charge in [-0.2, -0.15) is 5.10 Å². The van der Waals surface area contributed by atoms with Gasteiger partial charge in [-0.15, -0.1) is 0 Å². The highest BCUT2D eigenvalue weighted by atomic mass is 32.2. The molecule has 0 amide bonds. The molecule has 0 aliphatic heterocycles. The van der Waals surface area contributed by atoms with Crippen LogP contribution in [-0.2, 0) is 16.6 Å². The number of nitrogens with zero attached hydrogens (tertiary/aromatic N) is 2. The Kier molecular flexibility index (Phi) is 5.06. The van der Waals surface area contributed by atoms with E-state index in [1.807, 2.05) is 14.0 Å². The smallest absolute Gasteiger partial charge is 0.244 e. The molecule has 21 heavy (non-hydrogen) atoms. The Labute approximate surface area is 127 Å². The average Bonchev–Trinajstić information content (AvgIpc) is 3.03. The van der Waals surface area contributed by atoms with Gasteiger partial charge in [-0.1, -0.05) is 13.3 Å². The molecule has 0 bridgehead atoms. The van der Waals surface area contributed by atoms with Crippen LogP contribution in [0.15, 0.2) is 4.90 Å². The SMILES string of the molecule is CCCC1CC1NS(=O)(=O)c1c(C)nn(CCNC)c1C. The Morgan fingerprint density at radius 3 is 2.71 bits per heavy atom. The third-order valence-electron chi connectivity index (χ3n) is 4.05. The molecule has 1 aliphatic rings. The summed E-state index contributed by atoms with van der Waals surface area (Å²) in [6.45, 7) is 7.13. The summed E-state index contributed by atoms with van der Waals surface area (Å²) in [4.78, 5) is 0.348. The second kappa shape index (κ2) is 6.46. The number of sulfonamides is 1. The Morgan fingerprint density at radius 1 is 1.38 bits per heavy atom. The van der Waals surface area contributed by atoms with Crippen LogP contribution in [0.25, 0.3) is 0 Å². The minimum absolute atomic E-state index is 0.106. The van der Waals surface area contributed by atoms with Gasteiger partial charge in [-0.05, 0) is 39.7 Å². The largest absolute Gasteiger partial charge is 0.318 e. The molecular formula is C14H26N4O2S. The summed E-state index contributed by atoms with van der Waals surface area (Å²) < 4.78 is 29.8. The number of rotatable bonds is 8. The zero-order valence-electron chi connectivity index (χ0n) is 13.3. The average molecular weight is 314 g/mol. The van der Waals surface area contributed by atoms with Crippen LogP contribution in [0.1, 0.15) is 37.6 Å². The number of nitrogens with one attached hydrogen (secondary N) is 2. The van der Waals surface area contributed by atoms with Crippen molar-refractivity contribution in [3.05, 3.63) is 11.4 Å². The topological polar surface area (TPSA) is 76.0 Å². The first-order valence-corrected chi connectivity index (χ1v) is 9.10. The summed E-state index contributed by atoms with van der Waals surface area (Å²) >= 11 is 0. The first-order valence-electron chi connectivity index (χ1n) is 7.61. The molecular weight excluding hydrogens is 288 g/mol. The van der Waals surface area contributed by atoms with Gasteiger partial charge in [0.2, 0.25) is 10.0 Å². The summed E-state index contributed by atoms with van der Waals surface area (Å²) in [5.41, 5.74) is 1.28. The van der Waals surface area contributed by atoms with Crippen molar-refractivity contribution in [2.75, 3.05) is 13.6 Å². The molecule has 2 unspecified atom stereocenters. The van der Waals surface area contributed by atoms with E-state index in [1.165, 1.54) is 0 Å². The van der Waals surface area contributed by atoms with Crippen LogP contribution in [0.4, 0.5) is 0 Å². The fraction of sp³-hybridized carbons (Fsp3) is 0.786. The minimum Gasteiger partial charge on any atom is -0.318 e. The van der Waals surface area contributed by atoms with Crippen LogP contribution >= 0.6 is 0 Å². The van der Waals surface area contributed by atoms with Crippen molar-refractivity contribution in [2.24, 2.45) is 5.92 Å². The molecule has 1 heterocycles. The van der Waals surface area contributed by atoms with E-state index in [0.717, 1.165) is 25.8 Å². The van der Waals surface area contributed by atoms with E-state index in [2.05, 4.69) is 22.1 Å². The van der Waals surface area contributed by atoms with Gasteiger partial charge in [-0.3, -0.25) is 4.68 Å². The van der Waals surface area contributed by atoms with Crippen LogP contribution in [0.3, 0.4) is 0 Å². The summed E-state index contributed by atoms with van der Waals surface area (Å²) in [7, 11) is -1.60. The standard InChI is InChI=1S/C14H26N4O2S/c1-5-6-12-9-13(12)17-21(19,20)14-10(2)16-18(11(14)3)8-7-15-4/h12-13,15,17H,5-9H2,1-4H3. The maximum Gasteiger partial charge on any atom is 0.244 e. The van der Waals surface area contributed by atoms with Gasteiger partial charge < -0.3 is 5.32 Å². The lowest BCUT2D eigenvalue weighted by atomic mass is 10.2. The van der Waals surface area contributed by atoms with Crippen molar-refractivity contribution in [1.82, 2.24) is 19.8 Å². The maximum absolute atomic E-state index is 12.6. The van der Waals surface area contributed by atoms with Gasteiger partial charge in [-0.25, -0.2) is 13.1 Å². The molecule has 1 saturated carbocycles. The highest BCUT2D eigenvalue weighted by Gasteiger charge is 2.40. The van der Waals surface area contributed by atoms with Crippen molar-refractivity contribution in [3.63, 3.8) is 0 Å². The zero-order valence-corrected chi connectivity index (χ0v) is 14.1. The molecule has 1 fully saturated rings. The number of hydrogen-bond donors (Lipinski definition) is 2. The molecule has 1 aromatic rings. The van der Waals surface area contributed by atoms with Crippen LogP contribution in [0, 0.1) is 19.8 Å². The zero-order chi connectivity index (χ0) is 15.6. The van der Waals surface area contributed by atoms with E-state index in [0.29, 0.717) is 28.7 Å². The second-order valence-corrected chi connectivity index (χ2v) is 7.49. The first-order chi connectivity index (χ1) is 9.90. The summed E-state index contributed by atoms with van der Waals surface area (Å²) in [6.07, 6.45) is 3.15. The summed E-state index contributed by atoms with van der Waals surface area (Å²) in [5, 5.41) is 7.40. The summed E-state index contributed by atoms with van der Waals surface area (Å²) in [5.74, 6) is 0.504. The van der Waals surface area contributed by atoms with Crippen molar-refractivity contribution >= 4 is 10.0 Å². The van der Waals surface area contributed by atoms with E-state index in [-0.39, 0.29) is 6.04 Å². The van der Waals surface area contributed by atoms with E-state index in [4.69, 9.17) is 0 Å². The van der Waals surface area contributed by atoms with Crippen LogP contribution in [0.5, 0.6) is 0 Å². The lowest BCUT2D eigenvalue weighted by molar-refractivity contribution is 0.562. The molecule has 0 radical (unpaired) electrons. The van der Waals surface area contributed by atoms with E-state index in [1.54, 1.807) is 11.6 Å². The Hall–Kier alpha value is -0.920. The van der Waals surface area contributed by atoms with Crippen molar-refractivity contribution < 1.29 is 8.42 Å². The third-order valence-corrected chi connectivity index (χ3v) is 5.79. The molecule has 120 valence electrons. The Bertz CT molecular complexity index is 594. The Morgan fingerprint density at radius 2 is 2.10 bits per heavy atom. The minimum atomic E-state index is -3.47. The highest BCUT2D eigenvalue weighted by molar-refractivity contribution is 7.89. The molecule has 0 saturated heterocycles. The fourth-order valence-corrected chi connectivity index (χ4v) is 4.57. The molecule has 2 N–H and O–H groups in total. The van der Waals surface area contributed by atoms with Gasteiger partial charge in [0.05, 0.1) is 17.9 Å². The molecule has 2 rings (SSSR count). The van der Waals surface area contributed by atoms with Gasteiger partial charge in [0, 0.05) is 12.6 Å². The molecule has 1 aromatic heterocycles. The number of hydrogen-bond acceptors (Lipinski definition) is 4. The second-order valence-electron chi connectivity index (χ2n) is 5.84. The van der Waals surface area contributed by atoms with Crippen LogP contribution in [0.2, 0.25) is 0 Å². The van der Waals surface area contributed by atoms with E-state index >= 15 is 0 Å². The molecule has 2 atom stereocenters. The van der Waals surface area contributed by atoms with E-state index < -0.39 is 10.0 Å². The lowest BCUT2D eigenvalue weighted by Crippen LogP contribution is -2.28. The predicted molar refractivity (Wildman–Crippen MR) is 82.8 cm³/mol. The molecule has 0 spiro atoms. The van der Waals surface area contributed by atoms with Gasteiger partial charge >= 0.3 is 0 Å². The van der Waals surface area contributed by atoms with Crippen molar-refractivity contribution in [1.29, 1.82) is 0 Å². The molecule has 0 aromatic carbocycles. The molecule has 7 heteroatoms. The van der Waals surface area contributed by atoms with Gasteiger partial charge in [0.1, 0.15) is 4.90 Å². The third kappa shape index (κ3) is 3.64.